The van der Waals surface area contributed by atoms with Gasteiger partial charge in [0.2, 0.25) is 0 Å². The Balaban J connectivity index is 1.57. The van der Waals surface area contributed by atoms with Crippen molar-refractivity contribution in [3.05, 3.63) is 40.2 Å². The molecule has 2 aromatic rings. The molecule has 1 aliphatic heterocycles. The molecule has 1 aromatic carbocycles. The lowest BCUT2D eigenvalue weighted by atomic mass is 10.0. The highest BCUT2D eigenvalue weighted by atomic mass is 32.1. The first-order chi connectivity index (χ1) is 10.2. The molecule has 1 aliphatic carbocycles. The fourth-order valence-corrected chi connectivity index (χ4v) is 3.44. The molecule has 1 aromatic heterocycles. The smallest absolute Gasteiger partial charge is 0.322 e. The Bertz CT molecular complexity index is 719. The predicted molar refractivity (Wildman–Crippen MR) is 78.9 cm³/mol. The van der Waals surface area contributed by atoms with Crippen LogP contribution in [0.5, 0.6) is 0 Å². The van der Waals surface area contributed by atoms with Crippen LogP contribution in [0.2, 0.25) is 0 Å². The summed E-state index contributed by atoms with van der Waals surface area (Å²) in [4.78, 5) is 27.4. The summed E-state index contributed by atoms with van der Waals surface area (Å²) in [5.74, 6) is 0.359. The third kappa shape index (κ3) is 2.31. The molecular formula is C15H13N3O2S. The second kappa shape index (κ2) is 4.66. The first-order valence-corrected chi connectivity index (χ1v) is 7.76. The molecule has 1 unspecified atom stereocenters. The number of amides is 3. The van der Waals surface area contributed by atoms with Crippen molar-refractivity contribution >= 4 is 23.3 Å². The molecular weight excluding hydrogens is 286 g/mol. The molecule has 2 N–H and O–H groups in total. The number of hydrogen-bond donors (Lipinski definition) is 2. The van der Waals surface area contributed by atoms with E-state index in [1.807, 2.05) is 24.3 Å². The maximum Gasteiger partial charge on any atom is 0.322 e. The maximum absolute atomic E-state index is 11.6. The van der Waals surface area contributed by atoms with E-state index in [1.165, 1.54) is 17.8 Å². The lowest BCUT2D eigenvalue weighted by Gasteiger charge is -2.07. The normalized spacial score (nSPS) is 21.2. The van der Waals surface area contributed by atoms with Gasteiger partial charge in [-0.05, 0) is 18.4 Å². The van der Waals surface area contributed by atoms with Gasteiger partial charge in [0.25, 0.3) is 5.91 Å². The Kier molecular flexibility index (Phi) is 2.78. The minimum absolute atomic E-state index is 0.308. The summed E-state index contributed by atoms with van der Waals surface area (Å²) in [5.41, 5.74) is 2.79. The third-order valence-corrected chi connectivity index (χ3v) is 4.77. The molecule has 0 spiro atoms. The van der Waals surface area contributed by atoms with E-state index < -0.39 is 12.1 Å². The Labute approximate surface area is 125 Å². The summed E-state index contributed by atoms with van der Waals surface area (Å²) in [5, 5.41) is 8.12. The molecule has 3 amide bonds. The van der Waals surface area contributed by atoms with E-state index in [9.17, 15) is 9.59 Å². The topological polar surface area (TPSA) is 71.1 Å². The highest BCUT2D eigenvalue weighted by molar-refractivity contribution is 7.10. The van der Waals surface area contributed by atoms with Gasteiger partial charge in [0.1, 0.15) is 6.04 Å². The number of urea groups is 1. The van der Waals surface area contributed by atoms with Crippen molar-refractivity contribution in [2.75, 3.05) is 0 Å². The van der Waals surface area contributed by atoms with E-state index in [4.69, 9.17) is 0 Å². The summed E-state index contributed by atoms with van der Waals surface area (Å²) in [6.45, 7) is 0. The van der Waals surface area contributed by atoms with Gasteiger partial charge in [-0.15, -0.1) is 11.3 Å². The van der Waals surface area contributed by atoms with Crippen LogP contribution >= 0.6 is 11.3 Å². The number of carbonyl (C=O) groups excluding carboxylic acids is 2. The molecule has 6 heteroatoms. The van der Waals surface area contributed by atoms with Crippen LogP contribution in [0.15, 0.2) is 29.6 Å². The summed E-state index contributed by atoms with van der Waals surface area (Å²) in [7, 11) is 0. The number of hydrogen-bond acceptors (Lipinski definition) is 4. The first kappa shape index (κ1) is 12.5. The highest BCUT2D eigenvalue weighted by Crippen LogP contribution is 2.42. The number of imide groups is 1. The fraction of sp³-hybridized carbons (Fsp3) is 0.267. The molecule has 0 radical (unpaired) electrons. The summed E-state index contributed by atoms with van der Waals surface area (Å²) in [6.07, 6.45) is 2.50. The first-order valence-electron chi connectivity index (χ1n) is 6.88. The van der Waals surface area contributed by atoms with Crippen molar-refractivity contribution in [3.63, 3.8) is 0 Å². The second-order valence-corrected chi connectivity index (χ2v) is 6.25. The van der Waals surface area contributed by atoms with Crippen LogP contribution in [0, 0.1) is 0 Å². The largest absolute Gasteiger partial charge is 0.322 e. The van der Waals surface area contributed by atoms with Gasteiger partial charge in [-0.2, -0.15) is 0 Å². The third-order valence-electron chi connectivity index (χ3n) is 3.76. The van der Waals surface area contributed by atoms with E-state index >= 15 is 0 Å². The number of nitrogens with zero attached hydrogens (tertiary/aromatic N) is 1. The summed E-state index contributed by atoms with van der Waals surface area (Å²) < 4.78 is 0. The van der Waals surface area contributed by atoms with Crippen LogP contribution in [-0.2, 0) is 4.79 Å². The zero-order valence-corrected chi connectivity index (χ0v) is 11.9. The van der Waals surface area contributed by atoms with E-state index in [-0.39, 0.29) is 5.91 Å². The minimum atomic E-state index is -0.594. The van der Waals surface area contributed by atoms with E-state index in [0.29, 0.717) is 5.92 Å². The van der Waals surface area contributed by atoms with Gasteiger partial charge in [0.05, 0.1) is 10.7 Å². The van der Waals surface area contributed by atoms with Crippen molar-refractivity contribution in [2.24, 2.45) is 0 Å². The van der Waals surface area contributed by atoms with E-state index in [1.54, 1.807) is 11.3 Å². The molecule has 1 saturated heterocycles. The standard InChI is InChI=1S/C15H13N3O2S/c19-13-12(17-15(20)18-13)9-3-1-8(2-4-9)11-7-21-14(16-11)10-5-6-10/h1-4,7,10,12H,5-6H2,(H2,17,18,19,20). The quantitative estimate of drug-likeness (QED) is 0.856. The average Bonchev–Trinajstić information content (AvgIpc) is 3.12. The molecule has 2 aliphatic rings. The highest BCUT2D eigenvalue weighted by Gasteiger charge is 2.30. The van der Waals surface area contributed by atoms with Gasteiger partial charge < -0.3 is 5.32 Å². The van der Waals surface area contributed by atoms with Gasteiger partial charge in [-0.1, -0.05) is 24.3 Å². The predicted octanol–water partition coefficient (Wildman–Crippen LogP) is 2.57. The number of aromatic nitrogens is 1. The van der Waals surface area contributed by atoms with Crippen LogP contribution < -0.4 is 10.6 Å². The zero-order chi connectivity index (χ0) is 14.4. The fourth-order valence-electron chi connectivity index (χ4n) is 2.44. The lowest BCUT2D eigenvalue weighted by Crippen LogP contribution is -2.22. The molecule has 0 bridgehead atoms. The molecule has 4 rings (SSSR count). The number of rotatable bonds is 3. The monoisotopic (exact) mass is 299 g/mol. The lowest BCUT2D eigenvalue weighted by molar-refractivity contribution is -0.120. The van der Waals surface area contributed by atoms with Crippen LogP contribution in [0.25, 0.3) is 11.3 Å². The van der Waals surface area contributed by atoms with Gasteiger partial charge in [-0.25, -0.2) is 9.78 Å². The summed E-state index contributed by atoms with van der Waals surface area (Å²) >= 11 is 1.71. The Hall–Kier alpha value is -2.21. The molecule has 2 heterocycles. The van der Waals surface area contributed by atoms with Gasteiger partial charge in [0.15, 0.2) is 0 Å². The molecule has 5 nitrogen and oxygen atoms in total. The molecule has 1 atom stereocenters. The molecule has 106 valence electrons. The Morgan fingerprint density at radius 2 is 1.90 bits per heavy atom. The van der Waals surface area contributed by atoms with E-state index in [0.717, 1.165) is 16.8 Å². The average molecular weight is 299 g/mol. The van der Waals surface area contributed by atoms with Crippen molar-refractivity contribution < 1.29 is 9.59 Å². The minimum Gasteiger partial charge on any atom is -0.322 e. The number of carbonyl (C=O) groups is 2. The molecule has 1 saturated carbocycles. The van der Waals surface area contributed by atoms with Crippen molar-refractivity contribution in [1.82, 2.24) is 15.6 Å². The number of nitrogens with one attached hydrogen (secondary N) is 2. The van der Waals surface area contributed by atoms with Crippen LogP contribution in [0.1, 0.15) is 35.4 Å². The van der Waals surface area contributed by atoms with Crippen molar-refractivity contribution in [3.8, 4) is 11.3 Å². The number of thiazole rings is 1. The van der Waals surface area contributed by atoms with Crippen molar-refractivity contribution in [1.29, 1.82) is 0 Å². The Morgan fingerprint density at radius 3 is 2.52 bits per heavy atom. The van der Waals surface area contributed by atoms with Crippen LogP contribution in [-0.4, -0.2) is 16.9 Å². The SMILES string of the molecule is O=C1NC(=O)C(c2ccc(-c3csc(C4CC4)n3)cc2)N1. The van der Waals surface area contributed by atoms with E-state index in [2.05, 4.69) is 21.0 Å². The molecule has 2 fully saturated rings. The number of benzene rings is 1. The summed E-state index contributed by atoms with van der Waals surface area (Å²) in [6, 6.07) is 6.58. The van der Waals surface area contributed by atoms with Gasteiger partial charge >= 0.3 is 6.03 Å². The van der Waals surface area contributed by atoms with Crippen LogP contribution in [0.4, 0.5) is 4.79 Å². The molecule has 21 heavy (non-hydrogen) atoms. The second-order valence-electron chi connectivity index (χ2n) is 5.36. The van der Waals surface area contributed by atoms with Crippen LogP contribution in [0.3, 0.4) is 0 Å². The Morgan fingerprint density at radius 1 is 1.14 bits per heavy atom. The van der Waals surface area contributed by atoms with Gasteiger partial charge in [0, 0.05) is 16.9 Å². The van der Waals surface area contributed by atoms with Gasteiger partial charge in [-0.3, -0.25) is 10.1 Å². The maximum atomic E-state index is 11.6. The van der Waals surface area contributed by atoms with Crippen molar-refractivity contribution in [2.45, 2.75) is 24.8 Å². The zero-order valence-electron chi connectivity index (χ0n) is 11.1.